The molecule has 2 fully saturated rings. The number of carboxylic acid groups (broad SMARTS) is 1. The van der Waals surface area contributed by atoms with E-state index in [4.69, 9.17) is 0 Å². The number of nitriles is 1. The highest BCUT2D eigenvalue weighted by Crippen LogP contribution is 2.41. The van der Waals surface area contributed by atoms with E-state index in [1.54, 1.807) is 11.0 Å². The largest absolute Gasteiger partial charge is 0.481 e. The summed E-state index contributed by atoms with van der Waals surface area (Å²) in [6, 6.07) is 3.74. The molecule has 1 saturated carbocycles. The van der Waals surface area contributed by atoms with E-state index < -0.39 is 17.8 Å². The van der Waals surface area contributed by atoms with Crippen molar-refractivity contribution in [3.63, 3.8) is 0 Å². The van der Waals surface area contributed by atoms with Gasteiger partial charge in [-0.15, -0.1) is 5.92 Å². The lowest BCUT2D eigenvalue weighted by molar-refractivity contribution is -0.141. The van der Waals surface area contributed by atoms with Gasteiger partial charge in [-0.3, -0.25) is 9.59 Å². The average molecular weight is 483 g/mol. The number of halogens is 2. The molecule has 184 valence electrons. The van der Waals surface area contributed by atoms with Crippen molar-refractivity contribution in [3.05, 3.63) is 29.1 Å². The minimum Gasteiger partial charge on any atom is -0.481 e. The number of carbonyl (C=O) groups is 2. The van der Waals surface area contributed by atoms with Crippen LogP contribution in [-0.2, 0) is 18.3 Å². The zero-order chi connectivity index (χ0) is 25.2. The summed E-state index contributed by atoms with van der Waals surface area (Å²) in [7, 11) is 1.84. The van der Waals surface area contributed by atoms with Crippen LogP contribution in [0.5, 0.6) is 0 Å². The Bertz CT molecular complexity index is 1240. The van der Waals surface area contributed by atoms with Crippen LogP contribution in [0.3, 0.4) is 0 Å². The van der Waals surface area contributed by atoms with E-state index in [0.29, 0.717) is 48.0 Å². The maximum atomic E-state index is 13.5. The number of likely N-dealkylation sites (tertiary alicyclic amines) is 1. The monoisotopic (exact) mass is 482 g/mol. The fraction of sp³-hybridized carbons (Fsp3) is 0.538. The number of amides is 1. The summed E-state index contributed by atoms with van der Waals surface area (Å²) in [6.07, 6.45) is 5.41. The van der Waals surface area contributed by atoms with Crippen molar-refractivity contribution in [1.29, 1.82) is 5.26 Å². The van der Waals surface area contributed by atoms with Crippen LogP contribution < -0.4 is 0 Å². The average Bonchev–Trinajstić information content (AvgIpc) is 3.40. The number of hydrogen-bond donors (Lipinski definition) is 1. The summed E-state index contributed by atoms with van der Waals surface area (Å²) in [4.78, 5) is 30.9. The summed E-state index contributed by atoms with van der Waals surface area (Å²) in [5.41, 5.74) is 2.27. The minimum absolute atomic E-state index is 0.135. The Morgan fingerprint density at radius 1 is 1.29 bits per heavy atom. The van der Waals surface area contributed by atoms with Gasteiger partial charge in [-0.25, -0.2) is 13.8 Å². The predicted molar refractivity (Wildman–Crippen MR) is 125 cm³/mol. The van der Waals surface area contributed by atoms with Crippen molar-refractivity contribution in [1.82, 2.24) is 14.5 Å². The number of fused-ring (bicyclic) bond motifs is 1. The molecule has 2 aliphatic rings. The summed E-state index contributed by atoms with van der Waals surface area (Å²) < 4.78 is 27.6. The first kappa shape index (κ1) is 24.7. The van der Waals surface area contributed by atoms with Crippen molar-refractivity contribution in [3.8, 4) is 17.9 Å². The number of alkyl halides is 2. The predicted octanol–water partition coefficient (Wildman–Crippen LogP) is 4.14. The Morgan fingerprint density at radius 2 is 2.06 bits per heavy atom. The molecule has 0 unspecified atom stereocenters. The molecule has 2 aromatic heterocycles. The van der Waals surface area contributed by atoms with Crippen LogP contribution in [0.15, 0.2) is 12.3 Å². The van der Waals surface area contributed by atoms with Crippen LogP contribution in [0.1, 0.15) is 66.6 Å². The summed E-state index contributed by atoms with van der Waals surface area (Å²) in [6.45, 7) is 0.545. The second kappa shape index (κ2) is 10.0. The van der Waals surface area contributed by atoms with Gasteiger partial charge in [-0.05, 0) is 31.7 Å². The number of carbonyl (C=O) groups excluding carboxylic acids is 1. The van der Waals surface area contributed by atoms with Gasteiger partial charge in [0.1, 0.15) is 11.7 Å². The van der Waals surface area contributed by atoms with Gasteiger partial charge in [0.05, 0.1) is 17.0 Å². The molecule has 1 atom stereocenters. The Labute approximate surface area is 202 Å². The number of rotatable bonds is 7. The second-order valence-electron chi connectivity index (χ2n) is 9.51. The van der Waals surface area contributed by atoms with Gasteiger partial charge in [-0.2, -0.15) is 5.26 Å². The van der Waals surface area contributed by atoms with E-state index in [1.165, 1.54) is 6.20 Å². The molecule has 2 aromatic rings. The van der Waals surface area contributed by atoms with E-state index in [-0.39, 0.29) is 31.2 Å². The maximum absolute atomic E-state index is 13.5. The molecule has 9 heteroatoms. The zero-order valence-electron chi connectivity index (χ0n) is 19.7. The molecule has 1 saturated heterocycles. The van der Waals surface area contributed by atoms with Gasteiger partial charge in [0.2, 0.25) is 0 Å². The quantitative estimate of drug-likeness (QED) is 0.472. The normalized spacial score (nSPS) is 19.1. The summed E-state index contributed by atoms with van der Waals surface area (Å²) >= 11 is 0. The Kier molecular flexibility index (Phi) is 7.07. The van der Waals surface area contributed by atoms with Crippen LogP contribution in [-0.4, -0.2) is 50.4 Å². The fourth-order valence-electron chi connectivity index (χ4n) is 4.92. The van der Waals surface area contributed by atoms with Crippen LogP contribution in [0.4, 0.5) is 8.78 Å². The Hall–Kier alpha value is -3.46. The third-order valence-corrected chi connectivity index (χ3v) is 6.93. The Morgan fingerprint density at radius 3 is 2.71 bits per heavy atom. The highest BCUT2D eigenvalue weighted by atomic mass is 19.3. The highest BCUT2D eigenvalue weighted by Gasteiger charge is 2.44. The highest BCUT2D eigenvalue weighted by molar-refractivity contribution is 6.08. The van der Waals surface area contributed by atoms with Crippen molar-refractivity contribution in [2.75, 3.05) is 13.1 Å². The van der Waals surface area contributed by atoms with Crippen LogP contribution in [0.25, 0.3) is 11.0 Å². The van der Waals surface area contributed by atoms with E-state index in [9.17, 15) is 28.7 Å². The van der Waals surface area contributed by atoms with E-state index in [1.807, 2.05) is 11.6 Å². The molecule has 0 radical (unpaired) electrons. The number of aromatic nitrogens is 2. The standard InChI is InChI=1S/C26H28F2N4O3/c1-31-21(8-6-4-2-3-5-7-17-12-26(27,28)13-17)22(20-11-18(14-29)15-30-23(20)31)24(33)32-10-9-19(16-32)25(34)35/h11,15,17,19H,2-4,6,8-10,12-13,16H2,1H3,(H,34,35)/t19-/m0/s1. The zero-order valence-corrected chi connectivity index (χ0v) is 19.7. The first-order valence-electron chi connectivity index (χ1n) is 12.0. The van der Waals surface area contributed by atoms with Gasteiger partial charge in [0.15, 0.2) is 0 Å². The molecule has 1 aliphatic heterocycles. The first-order valence-corrected chi connectivity index (χ1v) is 12.0. The summed E-state index contributed by atoms with van der Waals surface area (Å²) in [5.74, 6) is 1.51. The SMILES string of the molecule is Cn1c(CCCCCC#CC2CC(F)(F)C2)c(C(=O)N2CC[C@H](C(=O)O)C2)c2cc(C#N)cnc21. The third-order valence-electron chi connectivity index (χ3n) is 6.93. The van der Waals surface area contributed by atoms with Crippen molar-refractivity contribution in [2.45, 2.75) is 57.3 Å². The number of nitrogens with zero attached hydrogens (tertiary/aromatic N) is 4. The fourth-order valence-corrected chi connectivity index (χ4v) is 4.92. The molecule has 1 N–H and O–H groups in total. The van der Waals surface area contributed by atoms with Gasteiger partial charge >= 0.3 is 5.97 Å². The molecule has 0 spiro atoms. The van der Waals surface area contributed by atoms with Crippen molar-refractivity contribution >= 4 is 22.9 Å². The van der Waals surface area contributed by atoms with Crippen molar-refractivity contribution in [2.24, 2.45) is 18.9 Å². The molecule has 35 heavy (non-hydrogen) atoms. The first-order chi connectivity index (χ1) is 16.7. The number of unbranched alkanes of at least 4 members (excludes halogenated alkanes) is 3. The summed E-state index contributed by atoms with van der Waals surface area (Å²) in [5, 5.41) is 19.3. The van der Waals surface area contributed by atoms with E-state index in [2.05, 4.69) is 22.9 Å². The van der Waals surface area contributed by atoms with Crippen LogP contribution in [0, 0.1) is 35.0 Å². The van der Waals surface area contributed by atoms with Crippen LogP contribution >= 0.6 is 0 Å². The number of aryl methyl sites for hydroxylation is 1. The van der Waals surface area contributed by atoms with Gasteiger partial charge in [0.25, 0.3) is 11.8 Å². The molecule has 4 rings (SSSR count). The van der Waals surface area contributed by atoms with E-state index in [0.717, 1.165) is 25.0 Å². The lowest BCUT2D eigenvalue weighted by atomic mass is 9.82. The molecular weight excluding hydrogens is 454 g/mol. The lowest BCUT2D eigenvalue weighted by Crippen LogP contribution is -2.34. The van der Waals surface area contributed by atoms with Gasteiger partial charge in [-0.1, -0.05) is 12.3 Å². The van der Waals surface area contributed by atoms with Gasteiger partial charge in [0, 0.05) is 62.6 Å². The Balaban J connectivity index is 1.45. The van der Waals surface area contributed by atoms with E-state index >= 15 is 0 Å². The van der Waals surface area contributed by atoms with Crippen molar-refractivity contribution < 1.29 is 23.5 Å². The molecule has 7 nitrogen and oxygen atoms in total. The maximum Gasteiger partial charge on any atom is 0.308 e. The van der Waals surface area contributed by atoms with Crippen LogP contribution in [0.2, 0.25) is 0 Å². The number of aliphatic carboxylic acids is 1. The molecule has 3 heterocycles. The lowest BCUT2D eigenvalue weighted by Gasteiger charge is -2.31. The number of hydrogen-bond acceptors (Lipinski definition) is 4. The molecule has 0 aromatic carbocycles. The minimum atomic E-state index is -2.54. The van der Waals surface area contributed by atoms with Gasteiger partial charge < -0.3 is 14.6 Å². The topological polar surface area (TPSA) is 99.2 Å². The molecule has 1 amide bonds. The molecule has 1 aliphatic carbocycles. The third kappa shape index (κ3) is 5.30. The number of pyridine rings is 1. The molecular formula is C26H28F2N4O3. The molecule has 0 bridgehead atoms. The second-order valence-corrected chi connectivity index (χ2v) is 9.51. The smallest absolute Gasteiger partial charge is 0.308 e. The number of carboxylic acids is 1.